The number of fused-ring (bicyclic) bond motifs is 11. The average Bonchev–Trinajstić information content (AvgIpc) is 3.68. The Balaban J connectivity index is 1.18. The molecule has 216 valence electrons. The number of benzene rings is 5. The first kappa shape index (κ1) is 24.7. The van der Waals surface area contributed by atoms with E-state index in [-0.39, 0.29) is 17.4 Å². The smallest absolute Gasteiger partial charge is 0.0575 e. The minimum Gasteiger partial charge on any atom is -0.378 e. The minimum atomic E-state index is 0.0962. The van der Waals surface area contributed by atoms with Gasteiger partial charge >= 0.3 is 0 Å². The molecule has 1 spiro atoms. The Kier molecular flexibility index (Phi) is 4.81. The minimum absolute atomic E-state index is 0.0962. The number of nitrogens with one attached hydrogen (secondary N) is 1. The van der Waals surface area contributed by atoms with Crippen molar-refractivity contribution in [2.45, 2.75) is 49.5 Å². The Morgan fingerprint density at radius 1 is 0.689 bits per heavy atom. The van der Waals surface area contributed by atoms with E-state index < -0.39 is 0 Å². The van der Waals surface area contributed by atoms with E-state index in [4.69, 9.17) is 0 Å². The molecule has 0 bridgehead atoms. The van der Waals surface area contributed by atoms with Crippen molar-refractivity contribution in [1.29, 1.82) is 0 Å². The fourth-order valence-electron chi connectivity index (χ4n) is 9.73. The third-order valence-corrected chi connectivity index (χ3v) is 12.6. The van der Waals surface area contributed by atoms with Gasteiger partial charge < -0.3 is 10.2 Å². The third kappa shape index (κ3) is 3.10. The quantitative estimate of drug-likeness (QED) is 0.214. The number of hydrogen-bond donors (Lipinski definition) is 1. The summed E-state index contributed by atoms with van der Waals surface area (Å²) in [6, 6.07) is 41.5. The summed E-state index contributed by atoms with van der Waals surface area (Å²) in [4.78, 5) is 2.65. The summed E-state index contributed by atoms with van der Waals surface area (Å²) >= 11 is 1.90. The van der Waals surface area contributed by atoms with Crippen molar-refractivity contribution < 1.29 is 0 Å². The van der Waals surface area contributed by atoms with Crippen LogP contribution in [0.1, 0.15) is 54.7 Å². The molecule has 1 saturated carbocycles. The molecule has 2 unspecified atom stereocenters. The molecule has 3 heteroatoms. The fourth-order valence-corrected chi connectivity index (χ4v) is 10.9. The summed E-state index contributed by atoms with van der Waals surface area (Å²) in [5.41, 5.74) is 15.8. The van der Waals surface area contributed by atoms with Gasteiger partial charge in [0.1, 0.15) is 0 Å². The molecule has 2 atom stereocenters. The van der Waals surface area contributed by atoms with Gasteiger partial charge in [-0.15, -0.1) is 11.3 Å². The van der Waals surface area contributed by atoms with Crippen LogP contribution in [0, 0.1) is 0 Å². The van der Waals surface area contributed by atoms with E-state index >= 15 is 0 Å². The lowest BCUT2D eigenvalue weighted by Gasteiger charge is -2.40. The molecular weight excluding hydrogens is 565 g/mol. The largest absolute Gasteiger partial charge is 0.378 e. The first-order valence-electron chi connectivity index (χ1n) is 16.6. The van der Waals surface area contributed by atoms with Gasteiger partial charge in [-0.1, -0.05) is 104 Å². The van der Waals surface area contributed by atoms with Gasteiger partial charge in [0, 0.05) is 53.8 Å². The van der Waals surface area contributed by atoms with E-state index in [0.29, 0.717) is 0 Å². The van der Waals surface area contributed by atoms with Crippen LogP contribution >= 0.6 is 11.3 Å². The molecule has 2 nitrogen and oxygen atoms in total. The van der Waals surface area contributed by atoms with Gasteiger partial charge in [0.2, 0.25) is 0 Å². The third-order valence-electron chi connectivity index (χ3n) is 11.5. The summed E-state index contributed by atoms with van der Waals surface area (Å²) < 4.78 is 2.71. The van der Waals surface area contributed by atoms with Crippen LogP contribution in [0.3, 0.4) is 0 Å². The first-order valence-corrected chi connectivity index (χ1v) is 17.4. The monoisotopic (exact) mass is 596 g/mol. The number of para-hydroxylation sites is 2. The van der Waals surface area contributed by atoms with Crippen LogP contribution in [-0.2, 0) is 5.41 Å². The Bertz CT molecular complexity index is 2310. The maximum atomic E-state index is 4.15. The van der Waals surface area contributed by atoms with Crippen LogP contribution in [-0.4, -0.2) is 6.04 Å². The highest BCUT2D eigenvalue weighted by atomic mass is 32.1. The van der Waals surface area contributed by atoms with Gasteiger partial charge in [-0.05, 0) is 71.0 Å². The standard InChI is InChI=1S/C42H32N2S/c1-8-21-42(22-9-1)31-15-10-14-29-26-11-2-5-16-34(26)44-35-17-6-3-13-30(35)39-33(24-32(42)40(38(29)31)41(39)44)43-25-19-20-28-27-12-4-7-18-36(27)45-37(28)23-25/h2-7,10-20,23-24,33,39,43H,1,8-9,21-22H2. The van der Waals surface area contributed by atoms with Crippen molar-refractivity contribution in [3.05, 3.63) is 143 Å². The Morgan fingerprint density at radius 2 is 1.47 bits per heavy atom. The molecule has 0 saturated heterocycles. The van der Waals surface area contributed by atoms with E-state index in [2.05, 4.69) is 125 Å². The number of thiophene rings is 1. The Labute approximate surface area is 267 Å². The molecule has 1 fully saturated rings. The average molecular weight is 597 g/mol. The molecule has 0 radical (unpaired) electrons. The first-order chi connectivity index (χ1) is 22.3. The highest BCUT2D eigenvalue weighted by Gasteiger charge is 2.55. The highest BCUT2D eigenvalue weighted by Crippen LogP contribution is 2.67. The van der Waals surface area contributed by atoms with Crippen molar-refractivity contribution in [2.75, 3.05) is 10.2 Å². The lowest BCUT2D eigenvalue weighted by Crippen LogP contribution is -2.35. The zero-order chi connectivity index (χ0) is 29.3. The van der Waals surface area contributed by atoms with Crippen molar-refractivity contribution in [1.82, 2.24) is 0 Å². The number of hydrogen-bond acceptors (Lipinski definition) is 3. The SMILES string of the molecule is C1=C2C3=C4C(c5ccccc5N4c4ccccc4-c4cccc(c43)C23CCCCC3)C1Nc1ccc2c(c1)sc1ccccc12. The second-order valence-corrected chi connectivity index (χ2v) is 14.7. The van der Waals surface area contributed by atoms with Gasteiger partial charge in [-0.3, -0.25) is 0 Å². The van der Waals surface area contributed by atoms with E-state index in [9.17, 15) is 0 Å². The van der Waals surface area contributed by atoms with Crippen molar-refractivity contribution in [3.8, 4) is 11.1 Å². The van der Waals surface area contributed by atoms with Gasteiger partial charge in [0.25, 0.3) is 0 Å². The molecule has 45 heavy (non-hydrogen) atoms. The molecule has 0 amide bonds. The molecule has 11 rings (SSSR count). The van der Waals surface area contributed by atoms with E-state index in [1.54, 1.807) is 11.1 Å². The van der Waals surface area contributed by atoms with Crippen molar-refractivity contribution >= 4 is 54.1 Å². The fraction of sp³-hybridized carbons (Fsp3) is 0.190. The maximum absolute atomic E-state index is 4.15. The molecule has 1 N–H and O–H groups in total. The highest BCUT2D eigenvalue weighted by molar-refractivity contribution is 7.25. The molecule has 5 aromatic carbocycles. The van der Waals surface area contributed by atoms with Crippen LogP contribution in [0.25, 0.3) is 36.9 Å². The molecule has 5 aliphatic rings. The van der Waals surface area contributed by atoms with Gasteiger partial charge in [0.05, 0.1) is 17.6 Å². The topological polar surface area (TPSA) is 15.3 Å². The molecule has 1 aromatic heterocycles. The Hall–Kier alpha value is -4.60. The van der Waals surface area contributed by atoms with E-state index in [1.165, 1.54) is 103 Å². The van der Waals surface area contributed by atoms with Gasteiger partial charge in [-0.2, -0.15) is 0 Å². The van der Waals surface area contributed by atoms with Crippen LogP contribution in [0.4, 0.5) is 17.1 Å². The number of nitrogens with zero attached hydrogens (tertiary/aromatic N) is 1. The lowest BCUT2D eigenvalue weighted by atomic mass is 9.65. The molecule has 6 aromatic rings. The number of allylic oxidation sites excluding steroid dienone is 2. The zero-order valence-electron chi connectivity index (χ0n) is 25.0. The summed E-state index contributed by atoms with van der Waals surface area (Å²) in [6.45, 7) is 0. The van der Waals surface area contributed by atoms with Crippen LogP contribution in [0.2, 0.25) is 0 Å². The molecule has 3 heterocycles. The molecule has 3 aliphatic carbocycles. The number of rotatable bonds is 2. The van der Waals surface area contributed by atoms with Crippen LogP contribution < -0.4 is 10.2 Å². The summed E-state index contributed by atoms with van der Waals surface area (Å²) in [6.07, 6.45) is 9.11. The van der Waals surface area contributed by atoms with Gasteiger partial charge in [-0.25, -0.2) is 0 Å². The predicted octanol–water partition coefficient (Wildman–Crippen LogP) is 11.3. The number of anilines is 3. The predicted molar refractivity (Wildman–Crippen MR) is 190 cm³/mol. The van der Waals surface area contributed by atoms with Crippen molar-refractivity contribution in [3.63, 3.8) is 0 Å². The van der Waals surface area contributed by atoms with Gasteiger partial charge in [0.15, 0.2) is 0 Å². The van der Waals surface area contributed by atoms with Crippen LogP contribution in [0.15, 0.2) is 127 Å². The maximum Gasteiger partial charge on any atom is 0.0575 e. The second kappa shape index (κ2) is 8.77. The second-order valence-electron chi connectivity index (χ2n) is 13.6. The van der Waals surface area contributed by atoms with E-state index in [1.807, 2.05) is 11.3 Å². The Morgan fingerprint density at radius 3 is 2.40 bits per heavy atom. The van der Waals surface area contributed by atoms with E-state index in [0.717, 1.165) is 0 Å². The van der Waals surface area contributed by atoms with Crippen molar-refractivity contribution in [2.24, 2.45) is 0 Å². The normalized spacial score (nSPS) is 21.5. The van der Waals surface area contributed by atoms with Crippen LogP contribution in [0.5, 0.6) is 0 Å². The zero-order valence-corrected chi connectivity index (χ0v) is 25.8. The summed E-state index contributed by atoms with van der Waals surface area (Å²) in [7, 11) is 0. The lowest BCUT2D eigenvalue weighted by molar-refractivity contribution is 0.351. The molecule has 2 aliphatic heterocycles. The summed E-state index contributed by atoms with van der Waals surface area (Å²) in [5, 5.41) is 6.86. The summed E-state index contributed by atoms with van der Waals surface area (Å²) in [5.74, 6) is 0.226. The molecular formula is C42H32N2S.